The second kappa shape index (κ2) is 7.53. The molecule has 74 valence electrons. The first-order valence-electron chi connectivity index (χ1n) is 4.80. The standard InChI is InChI=1S/C9H22N2O/c1-4-6-12-7-9(11-10)8(3)5-2/h8-9,11H,4-7,10H2,1-3H3. The normalized spacial score (nSPS) is 16.0. The number of ether oxygens (including phenoxy) is 1. The lowest BCUT2D eigenvalue weighted by Gasteiger charge is -2.21. The van der Waals surface area contributed by atoms with E-state index in [0.29, 0.717) is 12.0 Å². The molecule has 12 heavy (non-hydrogen) atoms. The fourth-order valence-corrected chi connectivity index (χ4v) is 1.02. The Morgan fingerprint density at radius 3 is 2.50 bits per heavy atom. The van der Waals surface area contributed by atoms with E-state index < -0.39 is 0 Å². The van der Waals surface area contributed by atoms with Crippen LogP contribution in [0.3, 0.4) is 0 Å². The highest BCUT2D eigenvalue weighted by molar-refractivity contribution is 4.68. The Hall–Kier alpha value is -0.120. The van der Waals surface area contributed by atoms with Gasteiger partial charge >= 0.3 is 0 Å². The summed E-state index contributed by atoms with van der Waals surface area (Å²) in [7, 11) is 0. The summed E-state index contributed by atoms with van der Waals surface area (Å²) in [5.74, 6) is 5.98. The molecule has 0 saturated carbocycles. The van der Waals surface area contributed by atoms with Crippen molar-refractivity contribution in [1.82, 2.24) is 5.43 Å². The number of nitrogens with one attached hydrogen (secondary N) is 1. The lowest BCUT2D eigenvalue weighted by atomic mass is 10.0. The maximum absolute atomic E-state index is 5.42. The summed E-state index contributed by atoms with van der Waals surface area (Å²) in [5.41, 5.74) is 2.79. The molecule has 0 spiro atoms. The minimum absolute atomic E-state index is 0.293. The van der Waals surface area contributed by atoms with E-state index in [1.54, 1.807) is 0 Å². The van der Waals surface area contributed by atoms with Gasteiger partial charge in [0.15, 0.2) is 0 Å². The average molecular weight is 174 g/mol. The second-order valence-electron chi connectivity index (χ2n) is 3.23. The summed E-state index contributed by atoms with van der Waals surface area (Å²) < 4.78 is 5.42. The van der Waals surface area contributed by atoms with Crippen molar-refractivity contribution in [1.29, 1.82) is 0 Å². The van der Waals surface area contributed by atoms with Crippen LogP contribution in [0, 0.1) is 5.92 Å². The summed E-state index contributed by atoms with van der Waals surface area (Å²) in [5, 5.41) is 0. The van der Waals surface area contributed by atoms with Crippen molar-refractivity contribution in [3.63, 3.8) is 0 Å². The fourth-order valence-electron chi connectivity index (χ4n) is 1.02. The van der Waals surface area contributed by atoms with E-state index in [1.165, 1.54) is 0 Å². The van der Waals surface area contributed by atoms with Crippen molar-refractivity contribution in [2.24, 2.45) is 11.8 Å². The van der Waals surface area contributed by atoms with Gasteiger partial charge in [0.1, 0.15) is 0 Å². The van der Waals surface area contributed by atoms with Gasteiger partial charge in [-0.25, -0.2) is 0 Å². The molecule has 3 N–H and O–H groups in total. The second-order valence-corrected chi connectivity index (χ2v) is 3.23. The summed E-state index contributed by atoms with van der Waals surface area (Å²) in [6.07, 6.45) is 2.20. The zero-order valence-corrected chi connectivity index (χ0v) is 8.47. The van der Waals surface area contributed by atoms with E-state index in [-0.39, 0.29) is 0 Å². The van der Waals surface area contributed by atoms with Crippen LogP contribution < -0.4 is 11.3 Å². The van der Waals surface area contributed by atoms with E-state index in [9.17, 15) is 0 Å². The third-order valence-electron chi connectivity index (χ3n) is 2.19. The minimum Gasteiger partial charge on any atom is -0.380 e. The lowest BCUT2D eigenvalue weighted by molar-refractivity contribution is 0.0953. The molecule has 0 aliphatic carbocycles. The van der Waals surface area contributed by atoms with Crippen molar-refractivity contribution in [2.45, 2.75) is 39.7 Å². The van der Waals surface area contributed by atoms with Crippen molar-refractivity contribution in [3.8, 4) is 0 Å². The maximum atomic E-state index is 5.42. The quantitative estimate of drug-likeness (QED) is 0.347. The van der Waals surface area contributed by atoms with Crippen molar-refractivity contribution >= 4 is 0 Å². The summed E-state index contributed by atoms with van der Waals surface area (Å²) in [6.45, 7) is 8.00. The molecule has 0 rings (SSSR count). The Morgan fingerprint density at radius 2 is 2.08 bits per heavy atom. The fraction of sp³-hybridized carbons (Fsp3) is 1.00. The molecule has 0 amide bonds. The topological polar surface area (TPSA) is 47.3 Å². The molecule has 0 heterocycles. The van der Waals surface area contributed by atoms with Gasteiger partial charge in [0, 0.05) is 12.6 Å². The predicted octanol–water partition coefficient (Wildman–Crippen LogP) is 1.29. The minimum atomic E-state index is 0.293. The van der Waals surface area contributed by atoms with Gasteiger partial charge in [-0.05, 0) is 12.3 Å². The maximum Gasteiger partial charge on any atom is 0.0635 e. The molecule has 0 radical (unpaired) electrons. The first-order valence-corrected chi connectivity index (χ1v) is 4.80. The predicted molar refractivity (Wildman–Crippen MR) is 51.7 cm³/mol. The Labute approximate surface area is 75.6 Å². The van der Waals surface area contributed by atoms with Crippen molar-refractivity contribution < 1.29 is 4.74 Å². The Morgan fingerprint density at radius 1 is 1.42 bits per heavy atom. The molecule has 2 atom stereocenters. The van der Waals surface area contributed by atoms with Crippen LogP contribution in [-0.4, -0.2) is 19.3 Å². The number of nitrogens with two attached hydrogens (primary N) is 1. The molecule has 0 aromatic rings. The molecule has 2 unspecified atom stereocenters. The average Bonchev–Trinajstić information content (AvgIpc) is 2.11. The van der Waals surface area contributed by atoms with Crippen LogP contribution in [-0.2, 0) is 4.74 Å². The van der Waals surface area contributed by atoms with Crippen LogP contribution in [0.25, 0.3) is 0 Å². The van der Waals surface area contributed by atoms with Gasteiger partial charge in [0.2, 0.25) is 0 Å². The third kappa shape index (κ3) is 4.70. The van der Waals surface area contributed by atoms with Crippen LogP contribution in [0.15, 0.2) is 0 Å². The SMILES string of the molecule is CCCOCC(NN)C(C)CC. The molecule has 0 fully saturated rings. The summed E-state index contributed by atoms with van der Waals surface area (Å²) in [6, 6.07) is 0.293. The van der Waals surface area contributed by atoms with Gasteiger partial charge < -0.3 is 4.74 Å². The highest BCUT2D eigenvalue weighted by atomic mass is 16.5. The molecule has 0 saturated heterocycles. The van der Waals surface area contributed by atoms with Gasteiger partial charge in [-0.1, -0.05) is 27.2 Å². The van der Waals surface area contributed by atoms with Crippen LogP contribution >= 0.6 is 0 Å². The van der Waals surface area contributed by atoms with Crippen LogP contribution in [0.4, 0.5) is 0 Å². The highest BCUT2D eigenvalue weighted by Crippen LogP contribution is 2.06. The summed E-state index contributed by atoms with van der Waals surface area (Å²) >= 11 is 0. The molecule has 0 aromatic carbocycles. The molecule has 0 aliphatic rings. The molecule has 3 heteroatoms. The van der Waals surface area contributed by atoms with Crippen LogP contribution in [0.5, 0.6) is 0 Å². The van der Waals surface area contributed by atoms with Crippen molar-refractivity contribution in [2.75, 3.05) is 13.2 Å². The van der Waals surface area contributed by atoms with Crippen LogP contribution in [0.2, 0.25) is 0 Å². The lowest BCUT2D eigenvalue weighted by Crippen LogP contribution is -2.43. The molecular formula is C9H22N2O. The number of hydrogen-bond donors (Lipinski definition) is 2. The molecule has 0 aromatic heterocycles. The monoisotopic (exact) mass is 174 g/mol. The largest absolute Gasteiger partial charge is 0.380 e. The number of rotatable bonds is 7. The molecular weight excluding hydrogens is 152 g/mol. The number of hydrogen-bond acceptors (Lipinski definition) is 3. The smallest absolute Gasteiger partial charge is 0.0635 e. The van der Waals surface area contributed by atoms with E-state index in [2.05, 4.69) is 26.2 Å². The zero-order valence-electron chi connectivity index (χ0n) is 8.47. The van der Waals surface area contributed by atoms with E-state index in [4.69, 9.17) is 10.6 Å². The van der Waals surface area contributed by atoms with Gasteiger partial charge in [-0.2, -0.15) is 0 Å². The molecule has 0 aliphatic heterocycles. The van der Waals surface area contributed by atoms with Crippen molar-refractivity contribution in [3.05, 3.63) is 0 Å². The molecule has 0 bridgehead atoms. The first-order chi connectivity index (χ1) is 5.76. The van der Waals surface area contributed by atoms with E-state index >= 15 is 0 Å². The van der Waals surface area contributed by atoms with Gasteiger partial charge in [0.05, 0.1) is 6.61 Å². The Kier molecular flexibility index (Phi) is 7.45. The zero-order chi connectivity index (χ0) is 9.40. The molecule has 3 nitrogen and oxygen atoms in total. The van der Waals surface area contributed by atoms with E-state index in [0.717, 1.165) is 26.1 Å². The Balaban J connectivity index is 3.52. The highest BCUT2D eigenvalue weighted by Gasteiger charge is 2.13. The van der Waals surface area contributed by atoms with Gasteiger partial charge in [-0.15, -0.1) is 0 Å². The van der Waals surface area contributed by atoms with Gasteiger partial charge in [-0.3, -0.25) is 11.3 Å². The third-order valence-corrected chi connectivity index (χ3v) is 2.19. The summed E-state index contributed by atoms with van der Waals surface area (Å²) in [4.78, 5) is 0. The van der Waals surface area contributed by atoms with Crippen LogP contribution in [0.1, 0.15) is 33.6 Å². The number of hydrazine groups is 1. The van der Waals surface area contributed by atoms with E-state index in [1.807, 2.05) is 0 Å². The van der Waals surface area contributed by atoms with Gasteiger partial charge in [0.25, 0.3) is 0 Å². The Bertz CT molecular complexity index is 98.5. The first kappa shape index (κ1) is 11.9.